The molecule has 260 valence electrons. The highest BCUT2D eigenvalue weighted by molar-refractivity contribution is 6.22. The summed E-state index contributed by atoms with van der Waals surface area (Å²) in [5.41, 5.74) is -10.0. The Hall–Kier alpha value is -4.25. The number of halogens is 12. The molecule has 0 fully saturated rings. The van der Waals surface area contributed by atoms with Crippen LogP contribution in [0.2, 0.25) is 0 Å². The topological polar surface area (TPSA) is 94.6 Å². The van der Waals surface area contributed by atoms with E-state index in [0.717, 1.165) is 13.8 Å². The predicted molar refractivity (Wildman–Crippen MR) is 137 cm³/mol. The third-order valence-electron chi connectivity index (χ3n) is 5.59. The van der Waals surface area contributed by atoms with Gasteiger partial charge >= 0.3 is 30.7 Å². The molecule has 0 amide bonds. The van der Waals surface area contributed by atoms with Crippen LogP contribution in [0.5, 0.6) is 0 Å². The lowest BCUT2D eigenvalue weighted by Crippen LogP contribution is -2.37. The minimum absolute atomic E-state index is 0.132. The minimum atomic E-state index is -5.32. The molecular formula is C29H24F12O6. The van der Waals surface area contributed by atoms with Crippen molar-refractivity contribution in [2.24, 2.45) is 5.92 Å². The zero-order valence-corrected chi connectivity index (χ0v) is 24.7. The molecule has 0 bridgehead atoms. The molecule has 6 nitrogen and oxygen atoms in total. The summed E-state index contributed by atoms with van der Waals surface area (Å²) in [6.45, 7) is 6.02. The van der Waals surface area contributed by atoms with Crippen molar-refractivity contribution >= 4 is 29.1 Å². The predicted octanol–water partition coefficient (Wildman–Crippen LogP) is 8.34. The number of hydrogen-bond acceptors (Lipinski definition) is 6. The normalized spacial score (nSPS) is 13.2. The van der Waals surface area contributed by atoms with Gasteiger partial charge < -0.3 is 4.74 Å². The van der Waals surface area contributed by atoms with Gasteiger partial charge in [0.2, 0.25) is 0 Å². The van der Waals surface area contributed by atoms with Gasteiger partial charge in [-0.3, -0.25) is 24.0 Å². The van der Waals surface area contributed by atoms with Crippen LogP contribution < -0.4 is 0 Å². The summed E-state index contributed by atoms with van der Waals surface area (Å²) in [6, 6.07) is 1.02. The van der Waals surface area contributed by atoms with Crippen LogP contribution in [0.3, 0.4) is 0 Å². The Labute approximate surface area is 258 Å². The lowest BCUT2D eigenvalue weighted by atomic mass is 9.90. The van der Waals surface area contributed by atoms with Crippen LogP contribution in [0.15, 0.2) is 36.4 Å². The van der Waals surface area contributed by atoms with Crippen LogP contribution in [0.4, 0.5) is 52.7 Å². The summed E-state index contributed by atoms with van der Waals surface area (Å²) in [5, 5.41) is 0. The van der Waals surface area contributed by atoms with Crippen LogP contribution in [-0.2, 0) is 43.8 Å². The van der Waals surface area contributed by atoms with Gasteiger partial charge in [0, 0.05) is 11.1 Å². The number of Topliss-reactive ketones (excluding diaryl/α,β-unsaturated/α-hetero) is 4. The van der Waals surface area contributed by atoms with Crippen molar-refractivity contribution in [1.29, 1.82) is 0 Å². The average molecular weight is 696 g/mol. The maximum absolute atomic E-state index is 13.2. The summed E-state index contributed by atoms with van der Waals surface area (Å²) < 4.78 is 158. The van der Waals surface area contributed by atoms with E-state index in [1.165, 1.54) is 20.8 Å². The molecular weight excluding hydrogens is 672 g/mol. The van der Waals surface area contributed by atoms with Crippen molar-refractivity contribution in [3.63, 3.8) is 0 Å². The molecule has 0 aliphatic rings. The van der Waals surface area contributed by atoms with Gasteiger partial charge in [0.15, 0.2) is 23.3 Å². The highest BCUT2D eigenvalue weighted by Gasteiger charge is 2.44. The zero-order valence-electron chi connectivity index (χ0n) is 24.7. The van der Waals surface area contributed by atoms with E-state index >= 15 is 0 Å². The van der Waals surface area contributed by atoms with E-state index in [1.54, 1.807) is 0 Å². The van der Waals surface area contributed by atoms with Crippen molar-refractivity contribution in [1.82, 2.24) is 0 Å². The number of ketones is 4. The molecule has 2 aromatic rings. The number of benzene rings is 2. The molecule has 47 heavy (non-hydrogen) atoms. The quantitative estimate of drug-likeness (QED) is 0.125. The number of alkyl halides is 12. The van der Waals surface area contributed by atoms with Crippen LogP contribution in [0.1, 0.15) is 84.0 Å². The first kappa shape index (κ1) is 40.8. The maximum atomic E-state index is 13.2. The van der Waals surface area contributed by atoms with E-state index in [9.17, 15) is 76.7 Å². The van der Waals surface area contributed by atoms with E-state index in [4.69, 9.17) is 4.74 Å². The minimum Gasteiger partial charge on any atom is -0.459 e. The van der Waals surface area contributed by atoms with E-state index in [1.807, 2.05) is 0 Å². The number of carbonyl (C=O) groups excluding carboxylic acids is 5. The van der Waals surface area contributed by atoms with Crippen LogP contribution in [0.25, 0.3) is 0 Å². The number of rotatable bonds is 7. The summed E-state index contributed by atoms with van der Waals surface area (Å²) in [5.74, 6) is -8.13. The molecule has 2 aromatic carbocycles. The van der Waals surface area contributed by atoms with Gasteiger partial charge in [-0.15, -0.1) is 0 Å². The molecule has 0 aromatic heterocycles. The molecule has 1 unspecified atom stereocenters. The first-order valence-corrected chi connectivity index (χ1v) is 12.7. The van der Waals surface area contributed by atoms with Gasteiger partial charge in [0.05, 0.1) is 28.7 Å². The first-order valence-electron chi connectivity index (χ1n) is 12.7. The monoisotopic (exact) mass is 696 g/mol. The Bertz CT molecular complexity index is 1520. The van der Waals surface area contributed by atoms with E-state index in [0.29, 0.717) is 18.2 Å². The smallest absolute Gasteiger partial charge is 0.417 e. The summed E-state index contributed by atoms with van der Waals surface area (Å²) in [6.07, 6.45) is -21.3. The van der Waals surface area contributed by atoms with Crippen LogP contribution >= 0.6 is 0 Å². The molecule has 0 radical (unpaired) electrons. The van der Waals surface area contributed by atoms with E-state index < -0.39 is 105 Å². The standard InChI is InChI=1S/C17H16F6O4.C12H8F6O2/c1-8(24)12(14(26)27-15(2,3)4)13(25)10-6-5-9(16(18,19)20)7-11(10)17(21,22)23;1-6(19)4-10(20)8-3-2-7(11(13,14)15)5-9(8)12(16,17)18/h5-7,12H,1-4H3;2-3,5H,4H2,1H3. The third-order valence-corrected chi connectivity index (χ3v) is 5.59. The molecule has 1 atom stereocenters. The fraction of sp³-hybridized carbons (Fsp3) is 0.414. The van der Waals surface area contributed by atoms with Crippen molar-refractivity contribution in [3.8, 4) is 0 Å². The number of esters is 1. The molecule has 0 aliphatic heterocycles. The van der Waals surface area contributed by atoms with Crippen molar-refractivity contribution < 1.29 is 81.4 Å². The zero-order chi connectivity index (χ0) is 37.1. The number of hydrogen-bond donors (Lipinski definition) is 0. The maximum Gasteiger partial charge on any atom is 0.417 e. The summed E-state index contributed by atoms with van der Waals surface area (Å²) >= 11 is 0. The lowest BCUT2D eigenvalue weighted by Gasteiger charge is -2.23. The third kappa shape index (κ3) is 11.8. The van der Waals surface area contributed by atoms with Crippen LogP contribution in [0, 0.1) is 5.92 Å². The molecule has 0 spiro atoms. The second-order valence-corrected chi connectivity index (χ2v) is 10.8. The van der Waals surface area contributed by atoms with Gasteiger partial charge in [0.1, 0.15) is 11.4 Å². The lowest BCUT2D eigenvalue weighted by molar-refractivity contribution is -0.160. The van der Waals surface area contributed by atoms with E-state index in [2.05, 4.69) is 0 Å². The summed E-state index contributed by atoms with van der Waals surface area (Å²) in [4.78, 5) is 58.4. The Morgan fingerprint density at radius 2 is 1.00 bits per heavy atom. The van der Waals surface area contributed by atoms with Crippen molar-refractivity contribution in [2.45, 2.75) is 71.3 Å². The second kappa shape index (κ2) is 14.3. The Balaban J connectivity index is 0.000000491. The highest BCUT2D eigenvalue weighted by Crippen LogP contribution is 2.39. The molecule has 0 heterocycles. The average Bonchev–Trinajstić information content (AvgIpc) is 2.84. The second-order valence-electron chi connectivity index (χ2n) is 10.8. The van der Waals surface area contributed by atoms with E-state index in [-0.39, 0.29) is 18.2 Å². The molecule has 0 N–H and O–H groups in total. The van der Waals surface area contributed by atoms with Crippen molar-refractivity contribution in [3.05, 3.63) is 69.8 Å². The SMILES string of the molecule is CC(=O)C(C(=O)OC(C)(C)C)C(=O)c1ccc(C(F)(F)F)cc1C(F)(F)F.CC(=O)CC(=O)c1ccc(C(F)(F)F)cc1C(F)(F)F. The molecule has 0 aliphatic carbocycles. The highest BCUT2D eigenvalue weighted by atomic mass is 19.4. The Morgan fingerprint density at radius 1 is 0.617 bits per heavy atom. The summed E-state index contributed by atoms with van der Waals surface area (Å²) in [7, 11) is 0. The van der Waals surface area contributed by atoms with Crippen LogP contribution in [-0.4, -0.2) is 34.7 Å². The Kier molecular flexibility index (Phi) is 12.4. The fourth-order valence-corrected chi connectivity index (χ4v) is 3.66. The van der Waals surface area contributed by atoms with Gasteiger partial charge in [-0.05, 0) is 58.9 Å². The van der Waals surface area contributed by atoms with Gasteiger partial charge in [-0.1, -0.05) is 12.1 Å². The molecule has 0 saturated heterocycles. The molecule has 18 heteroatoms. The van der Waals surface area contributed by atoms with Gasteiger partial charge in [-0.25, -0.2) is 0 Å². The largest absolute Gasteiger partial charge is 0.459 e. The number of carbonyl (C=O) groups is 5. The van der Waals surface area contributed by atoms with Gasteiger partial charge in [0.25, 0.3) is 0 Å². The molecule has 0 saturated carbocycles. The molecule has 2 rings (SSSR count). The first-order chi connectivity index (χ1) is 20.9. The van der Waals surface area contributed by atoms with Gasteiger partial charge in [-0.2, -0.15) is 52.7 Å². The van der Waals surface area contributed by atoms with Crippen molar-refractivity contribution in [2.75, 3.05) is 0 Å². The number of ether oxygens (including phenoxy) is 1. The fourth-order valence-electron chi connectivity index (χ4n) is 3.66. The Morgan fingerprint density at radius 3 is 1.32 bits per heavy atom.